The van der Waals surface area contributed by atoms with Crippen LogP contribution in [0.15, 0.2) is 95.7 Å². The van der Waals surface area contributed by atoms with Crippen LogP contribution in [0.3, 0.4) is 0 Å². The molecule has 0 spiro atoms. The van der Waals surface area contributed by atoms with E-state index in [0.29, 0.717) is 23.0 Å². The third-order valence-corrected chi connectivity index (χ3v) is 7.45. The summed E-state index contributed by atoms with van der Waals surface area (Å²) < 4.78 is 23.1. The zero-order valence-corrected chi connectivity index (χ0v) is 21.8. The lowest BCUT2D eigenvalue weighted by Crippen LogP contribution is -2.26. The third-order valence-electron chi connectivity index (χ3n) is 7.45. The van der Waals surface area contributed by atoms with E-state index in [0.717, 1.165) is 33.0 Å². The molecule has 4 aromatic rings. The molecule has 196 valence electrons. The number of benzene rings is 4. The molecule has 2 atom stereocenters. The first-order valence-electron chi connectivity index (χ1n) is 12.5. The summed E-state index contributed by atoms with van der Waals surface area (Å²) in [7, 11) is 3.20. The van der Waals surface area contributed by atoms with Crippen molar-refractivity contribution in [2.24, 2.45) is 11.5 Å². The molecule has 0 saturated heterocycles. The summed E-state index contributed by atoms with van der Waals surface area (Å²) in [6, 6.07) is 27.3. The first-order valence-corrected chi connectivity index (χ1v) is 12.5. The van der Waals surface area contributed by atoms with Crippen LogP contribution in [-0.4, -0.2) is 14.2 Å². The number of nitrogens with zero attached hydrogens (tertiary/aromatic N) is 2. The Labute approximate surface area is 230 Å². The highest BCUT2D eigenvalue weighted by molar-refractivity contribution is 5.97. The van der Waals surface area contributed by atoms with Gasteiger partial charge in [0.1, 0.15) is 34.8 Å². The standard InChI is InChI=1S/C32H24N4O4/c1-37-19-11-7-17(8-12-19)25-23(15-33)31(35)39-29-27(25)21-5-3-4-6-22(21)28-26(18-9-13-20(38-2)14-10-18)24(16-34)32(36)40-30(28)29/h3-14,25-26H,35-36H2,1-2H3/t25-,26-/m0/s1. The van der Waals surface area contributed by atoms with Gasteiger partial charge in [-0.05, 0) is 46.2 Å². The van der Waals surface area contributed by atoms with Crippen LogP contribution in [-0.2, 0) is 0 Å². The van der Waals surface area contributed by atoms with Crippen LogP contribution in [0.25, 0.3) is 10.8 Å². The smallest absolute Gasteiger partial charge is 0.205 e. The minimum Gasteiger partial charge on any atom is -0.497 e. The molecule has 0 fully saturated rings. The predicted octanol–water partition coefficient (Wildman–Crippen LogP) is 5.29. The molecule has 40 heavy (non-hydrogen) atoms. The van der Waals surface area contributed by atoms with E-state index in [1.807, 2.05) is 72.8 Å². The highest BCUT2D eigenvalue weighted by Gasteiger charge is 2.41. The van der Waals surface area contributed by atoms with Gasteiger partial charge in [-0.1, -0.05) is 48.5 Å². The van der Waals surface area contributed by atoms with Crippen molar-refractivity contribution in [3.8, 4) is 35.1 Å². The van der Waals surface area contributed by atoms with E-state index in [4.69, 9.17) is 30.4 Å². The van der Waals surface area contributed by atoms with Crippen LogP contribution < -0.4 is 30.4 Å². The van der Waals surface area contributed by atoms with Crippen molar-refractivity contribution >= 4 is 10.8 Å². The van der Waals surface area contributed by atoms with Crippen LogP contribution >= 0.6 is 0 Å². The van der Waals surface area contributed by atoms with E-state index < -0.39 is 11.8 Å². The fraction of sp³-hybridized carbons (Fsp3) is 0.125. The molecule has 2 aliphatic rings. The van der Waals surface area contributed by atoms with E-state index in [-0.39, 0.29) is 22.9 Å². The number of rotatable bonds is 4. The number of nitriles is 2. The number of ether oxygens (including phenoxy) is 4. The van der Waals surface area contributed by atoms with E-state index in [9.17, 15) is 10.5 Å². The van der Waals surface area contributed by atoms with Gasteiger partial charge >= 0.3 is 0 Å². The summed E-state index contributed by atoms with van der Waals surface area (Å²) in [5.74, 6) is 0.983. The van der Waals surface area contributed by atoms with Crippen molar-refractivity contribution in [1.82, 2.24) is 0 Å². The number of hydrogen-bond donors (Lipinski definition) is 2. The molecular formula is C32H24N4O4. The van der Waals surface area contributed by atoms with E-state index in [2.05, 4.69) is 12.1 Å². The van der Waals surface area contributed by atoms with Crippen molar-refractivity contribution in [3.05, 3.63) is 118 Å². The van der Waals surface area contributed by atoms with Crippen molar-refractivity contribution in [1.29, 1.82) is 10.5 Å². The van der Waals surface area contributed by atoms with Gasteiger partial charge in [0.05, 0.1) is 26.1 Å². The van der Waals surface area contributed by atoms with E-state index in [1.54, 1.807) is 14.2 Å². The maximum atomic E-state index is 10.2. The van der Waals surface area contributed by atoms with Crippen LogP contribution in [0.5, 0.6) is 23.0 Å². The molecule has 0 amide bonds. The molecule has 2 aliphatic heterocycles. The highest BCUT2D eigenvalue weighted by atomic mass is 16.5. The van der Waals surface area contributed by atoms with Gasteiger partial charge < -0.3 is 30.4 Å². The Morgan fingerprint density at radius 2 is 1.00 bits per heavy atom. The third kappa shape index (κ3) is 3.66. The van der Waals surface area contributed by atoms with Crippen molar-refractivity contribution in [2.45, 2.75) is 11.8 Å². The molecule has 0 radical (unpaired) electrons. The summed E-state index contributed by atoms with van der Waals surface area (Å²) >= 11 is 0. The summed E-state index contributed by atoms with van der Waals surface area (Å²) in [6.07, 6.45) is 0. The Morgan fingerprint density at radius 3 is 1.32 bits per heavy atom. The summed E-state index contributed by atoms with van der Waals surface area (Å²) in [4.78, 5) is 0. The fourth-order valence-electron chi connectivity index (χ4n) is 5.62. The molecule has 0 unspecified atom stereocenters. The number of allylic oxidation sites excluding steroid dienone is 2. The first-order chi connectivity index (χ1) is 19.5. The molecular weight excluding hydrogens is 504 g/mol. The fourth-order valence-corrected chi connectivity index (χ4v) is 5.62. The van der Waals surface area contributed by atoms with Crippen molar-refractivity contribution in [3.63, 3.8) is 0 Å². The lowest BCUT2D eigenvalue weighted by atomic mass is 9.76. The Bertz CT molecular complexity index is 1680. The van der Waals surface area contributed by atoms with Crippen LogP contribution in [0.2, 0.25) is 0 Å². The molecule has 8 heteroatoms. The van der Waals surface area contributed by atoms with Crippen molar-refractivity contribution < 1.29 is 18.9 Å². The summed E-state index contributed by atoms with van der Waals surface area (Å²) in [5, 5.41) is 22.0. The lowest BCUT2D eigenvalue weighted by Gasteiger charge is -2.34. The van der Waals surface area contributed by atoms with Gasteiger partial charge in [0.2, 0.25) is 11.8 Å². The van der Waals surface area contributed by atoms with Gasteiger partial charge in [-0.15, -0.1) is 0 Å². The van der Waals surface area contributed by atoms with Gasteiger partial charge in [-0.25, -0.2) is 0 Å². The maximum absolute atomic E-state index is 10.2. The van der Waals surface area contributed by atoms with Gasteiger partial charge in [0.25, 0.3) is 0 Å². The Hall–Kier alpha value is -5.60. The Balaban J connectivity index is 1.69. The average Bonchev–Trinajstić information content (AvgIpc) is 3.00. The molecule has 0 bridgehead atoms. The second kappa shape index (κ2) is 9.61. The maximum Gasteiger partial charge on any atom is 0.205 e. The largest absolute Gasteiger partial charge is 0.497 e. The van der Waals surface area contributed by atoms with Crippen LogP contribution in [0, 0.1) is 22.7 Å². The normalized spacial score (nSPS) is 17.6. The lowest BCUT2D eigenvalue weighted by molar-refractivity contribution is 0.337. The number of fused-ring (bicyclic) bond motifs is 6. The topological polar surface area (TPSA) is 137 Å². The molecule has 0 saturated carbocycles. The van der Waals surface area contributed by atoms with Gasteiger partial charge in [-0.3, -0.25) is 0 Å². The average molecular weight is 529 g/mol. The molecule has 6 rings (SSSR count). The first kappa shape index (κ1) is 24.7. The molecule has 0 aromatic heterocycles. The van der Waals surface area contributed by atoms with Crippen molar-refractivity contribution in [2.75, 3.05) is 14.2 Å². The van der Waals surface area contributed by atoms with Crippen LogP contribution in [0.1, 0.15) is 34.1 Å². The zero-order valence-electron chi connectivity index (χ0n) is 21.8. The second-order valence-electron chi connectivity index (χ2n) is 9.43. The highest BCUT2D eigenvalue weighted by Crippen LogP contribution is 2.57. The van der Waals surface area contributed by atoms with E-state index >= 15 is 0 Å². The monoisotopic (exact) mass is 528 g/mol. The minimum atomic E-state index is -0.541. The summed E-state index contributed by atoms with van der Waals surface area (Å²) in [5.41, 5.74) is 16.4. The minimum absolute atomic E-state index is 0.0217. The number of nitrogens with two attached hydrogens (primary N) is 2. The number of hydrogen-bond acceptors (Lipinski definition) is 8. The van der Waals surface area contributed by atoms with E-state index in [1.165, 1.54) is 0 Å². The quantitative estimate of drug-likeness (QED) is 0.364. The zero-order chi connectivity index (χ0) is 28.0. The van der Waals surface area contributed by atoms with Gasteiger partial charge in [-0.2, -0.15) is 10.5 Å². The predicted molar refractivity (Wildman–Crippen MR) is 149 cm³/mol. The van der Waals surface area contributed by atoms with Gasteiger partial charge in [0.15, 0.2) is 11.5 Å². The molecule has 4 aromatic carbocycles. The Kier molecular flexibility index (Phi) is 5.94. The summed E-state index contributed by atoms with van der Waals surface area (Å²) in [6.45, 7) is 0. The number of methoxy groups -OCH3 is 2. The second-order valence-corrected chi connectivity index (χ2v) is 9.43. The van der Waals surface area contributed by atoms with Crippen LogP contribution in [0.4, 0.5) is 0 Å². The molecule has 8 nitrogen and oxygen atoms in total. The van der Waals surface area contributed by atoms with Gasteiger partial charge in [0, 0.05) is 11.1 Å². The Morgan fingerprint density at radius 1 is 0.625 bits per heavy atom. The SMILES string of the molecule is COc1ccc([C@H]2C(C#N)=C(N)Oc3c4c(c5ccccc5c32)[C@@H](c2ccc(OC)cc2)C(C#N)=C(N)O4)cc1. The molecule has 0 aliphatic carbocycles. The molecule has 4 N–H and O–H groups in total. The molecule has 2 heterocycles.